The third-order valence-electron chi connectivity index (χ3n) is 4.82. The first-order valence-corrected chi connectivity index (χ1v) is 9.33. The van der Waals surface area contributed by atoms with Crippen molar-refractivity contribution >= 4 is 10.9 Å². The molecule has 0 spiro atoms. The van der Waals surface area contributed by atoms with Crippen LogP contribution in [0.5, 0.6) is 0 Å². The smallest absolute Gasteiger partial charge is 0.123 e. The van der Waals surface area contributed by atoms with Gasteiger partial charge >= 0.3 is 0 Å². The first-order valence-electron chi connectivity index (χ1n) is 9.33. The van der Waals surface area contributed by atoms with Crippen molar-refractivity contribution in [2.75, 3.05) is 6.54 Å². The maximum atomic E-state index is 13.8. The Morgan fingerprint density at radius 2 is 1.84 bits per heavy atom. The zero-order chi connectivity index (χ0) is 17.6. The quantitative estimate of drug-likeness (QED) is 0.516. The zero-order valence-electron chi connectivity index (χ0n) is 14.9. The Kier molecular flexibility index (Phi) is 5.87. The molecule has 0 bridgehead atoms. The summed E-state index contributed by atoms with van der Waals surface area (Å²) in [6, 6.07) is 13.4. The largest absolute Gasteiger partial charge is 0.354 e. The highest BCUT2D eigenvalue weighted by Gasteiger charge is 2.15. The molecule has 0 atom stereocenters. The minimum Gasteiger partial charge on any atom is -0.354 e. The lowest BCUT2D eigenvalue weighted by Crippen LogP contribution is -1.99. The topological polar surface area (TPSA) is 41.8 Å². The van der Waals surface area contributed by atoms with Crippen LogP contribution in [0.25, 0.3) is 22.2 Å². The third-order valence-corrected chi connectivity index (χ3v) is 4.82. The number of aromatic nitrogens is 1. The fourth-order valence-electron chi connectivity index (χ4n) is 3.51. The van der Waals surface area contributed by atoms with Crippen LogP contribution < -0.4 is 5.73 Å². The van der Waals surface area contributed by atoms with Gasteiger partial charge in [0.15, 0.2) is 0 Å². The number of hydrogen-bond acceptors (Lipinski definition) is 1. The molecule has 132 valence electrons. The molecule has 3 N–H and O–H groups in total. The van der Waals surface area contributed by atoms with Gasteiger partial charge in [0.1, 0.15) is 5.82 Å². The van der Waals surface area contributed by atoms with Crippen LogP contribution in [0.1, 0.15) is 43.7 Å². The number of nitrogens with two attached hydrogens (primary N) is 1. The van der Waals surface area contributed by atoms with Gasteiger partial charge in [0.2, 0.25) is 0 Å². The number of unbranched alkanes of at least 4 members (excludes halogenated alkanes) is 2. The highest BCUT2D eigenvalue weighted by Crippen LogP contribution is 2.33. The van der Waals surface area contributed by atoms with Gasteiger partial charge in [0, 0.05) is 22.2 Å². The minimum absolute atomic E-state index is 0.199. The maximum Gasteiger partial charge on any atom is 0.123 e. The monoisotopic (exact) mass is 338 g/mol. The van der Waals surface area contributed by atoms with Crippen molar-refractivity contribution in [3.8, 4) is 11.3 Å². The van der Waals surface area contributed by atoms with Gasteiger partial charge in [-0.3, -0.25) is 0 Å². The molecule has 2 aromatic carbocycles. The Labute approximate surface area is 149 Å². The fourth-order valence-corrected chi connectivity index (χ4v) is 3.51. The summed E-state index contributed by atoms with van der Waals surface area (Å²) in [5, 5.41) is 1.27. The highest BCUT2D eigenvalue weighted by atomic mass is 19.1. The van der Waals surface area contributed by atoms with Crippen molar-refractivity contribution in [2.45, 2.75) is 45.4 Å². The van der Waals surface area contributed by atoms with E-state index in [0.717, 1.165) is 36.9 Å². The van der Waals surface area contributed by atoms with Gasteiger partial charge in [-0.25, -0.2) is 4.39 Å². The van der Waals surface area contributed by atoms with Crippen molar-refractivity contribution in [3.05, 3.63) is 59.4 Å². The molecule has 3 heteroatoms. The number of halogens is 1. The lowest BCUT2D eigenvalue weighted by molar-refractivity contribution is 0.628. The normalized spacial score (nSPS) is 11.3. The second kappa shape index (κ2) is 8.30. The Hall–Kier alpha value is -2.13. The van der Waals surface area contributed by atoms with Crippen molar-refractivity contribution in [3.63, 3.8) is 0 Å². The van der Waals surface area contributed by atoms with E-state index in [0.29, 0.717) is 6.54 Å². The number of fused-ring (bicyclic) bond motifs is 1. The van der Waals surface area contributed by atoms with E-state index in [1.54, 1.807) is 12.1 Å². The molecule has 1 aromatic heterocycles. The summed E-state index contributed by atoms with van der Waals surface area (Å²) >= 11 is 0. The van der Waals surface area contributed by atoms with Gasteiger partial charge in [-0.2, -0.15) is 0 Å². The molecule has 3 rings (SSSR count). The van der Waals surface area contributed by atoms with Gasteiger partial charge in [-0.15, -0.1) is 0 Å². The molecule has 25 heavy (non-hydrogen) atoms. The Morgan fingerprint density at radius 1 is 1.00 bits per heavy atom. The van der Waals surface area contributed by atoms with Gasteiger partial charge in [-0.1, -0.05) is 43.7 Å². The van der Waals surface area contributed by atoms with E-state index in [1.165, 1.54) is 40.9 Å². The van der Waals surface area contributed by atoms with Crippen molar-refractivity contribution in [2.24, 2.45) is 5.73 Å². The molecule has 0 aliphatic rings. The van der Waals surface area contributed by atoms with E-state index in [4.69, 9.17) is 5.73 Å². The van der Waals surface area contributed by atoms with E-state index >= 15 is 0 Å². The van der Waals surface area contributed by atoms with Crippen molar-refractivity contribution in [1.82, 2.24) is 4.98 Å². The molecule has 0 saturated carbocycles. The number of rotatable bonds is 8. The molecule has 3 aromatic rings. The van der Waals surface area contributed by atoms with E-state index in [-0.39, 0.29) is 5.82 Å². The van der Waals surface area contributed by atoms with Gasteiger partial charge < -0.3 is 10.7 Å². The summed E-state index contributed by atoms with van der Waals surface area (Å²) in [7, 11) is 0. The van der Waals surface area contributed by atoms with Crippen LogP contribution in [-0.2, 0) is 12.8 Å². The van der Waals surface area contributed by atoms with Crippen LogP contribution in [0.2, 0.25) is 0 Å². The Bertz CT molecular complexity index is 835. The van der Waals surface area contributed by atoms with Gasteiger partial charge in [-0.05, 0) is 61.9 Å². The molecule has 0 unspecified atom stereocenters. The first-order chi connectivity index (χ1) is 12.2. The summed E-state index contributed by atoms with van der Waals surface area (Å²) in [5.41, 5.74) is 11.5. The molecule has 0 saturated heterocycles. The number of nitrogens with one attached hydrogen (secondary N) is 1. The maximum absolute atomic E-state index is 13.8. The SMILES string of the molecule is CCCCc1cccc2c(CCCCN)c(-c3cccc(F)c3)[nH]c12. The zero-order valence-corrected chi connectivity index (χ0v) is 14.9. The number of aromatic amines is 1. The predicted octanol–water partition coefficient (Wildman–Crippen LogP) is 5.60. The summed E-state index contributed by atoms with van der Waals surface area (Å²) in [4.78, 5) is 3.61. The summed E-state index contributed by atoms with van der Waals surface area (Å²) in [5.74, 6) is -0.199. The molecule has 1 heterocycles. The van der Waals surface area contributed by atoms with Crippen LogP contribution in [0.3, 0.4) is 0 Å². The average Bonchev–Trinajstić information content (AvgIpc) is 2.99. The number of hydrogen-bond donors (Lipinski definition) is 2. The van der Waals surface area contributed by atoms with Crippen LogP contribution in [-0.4, -0.2) is 11.5 Å². The van der Waals surface area contributed by atoms with Crippen molar-refractivity contribution in [1.29, 1.82) is 0 Å². The summed E-state index contributed by atoms with van der Waals surface area (Å²) in [6.07, 6.45) is 6.43. The Morgan fingerprint density at radius 3 is 2.60 bits per heavy atom. The lowest BCUT2D eigenvalue weighted by Gasteiger charge is -2.05. The molecule has 0 radical (unpaired) electrons. The molecule has 0 fully saturated rings. The third kappa shape index (κ3) is 3.93. The Balaban J connectivity index is 2.11. The predicted molar refractivity (Wildman–Crippen MR) is 104 cm³/mol. The fraction of sp³-hybridized carbons (Fsp3) is 0.364. The molecule has 0 aliphatic carbocycles. The van der Waals surface area contributed by atoms with Crippen LogP contribution in [0.15, 0.2) is 42.5 Å². The molecular formula is C22H27FN2. The van der Waals surface area contributed by atoms with E-state index in [9.17, 15) is 4.39 Å². The summed E-state index contributed by atoms with van der Waals surface area (Å²) < 4.78 is 13.8. The number of aryl methyl sites for hydroxylation is 2. The van der Waals surface area contributed by atoms with E-state index in [2.05, 4.69) is 30.1 Å². The molecule has 0 amide bonds. The van der Waals surface area contributed by atoms with Crippen LogP contribution in [0, 0.1) is 5.82 Å². The number of H-pyrrole nitrogens is 1. The van der Waals surface area contributed by atoms with Gasteiger partial charge in [0.25, 0.3) is 0 Å². The highest BCUT2D eigenvalue weighted by molar-refractivity contribution is 5.92. The number of benzene rings is 2. The second-order valence-corrected chi connectivity index (χ2v) is 6.68. The number of para-hydroxylation sites is 1. The molecule has 2 nitrogen and oxygen atoms in total. The average molecular weight is 338 g/mol. The van der Waals surface area contributed by atoms with Gasteiger partial charge in [0.05, 0.1) is 0 Å². The first kappa shape index (κ1) is 17.7. The van der Waals surface area contributed by atoms with Crippen LogP contribution >= 0.6 is 0 Å². The second-order valence-electron chi connectivity index (χ2n) is 6.68. The minimum atomic E-state index is -0.199. The van der Waals surface area contributed by atoms with Crippen LogP contribution in [0.4, 0.5) is 4.39 Å². The standard InChI is InChI=1S/C22H27FN2/c1-2-3-8-16-9-7-13-20-19(12-4-5-14-24)22(25-21(16)20)17-10-6-11-18(23)15-17/h6-7,9-11,13,15,25H,2-5,8,12,14,24H2,1H3. The lowest BCUT2D eigenvalue weighted by atomic mass is 9.98. The van der Waals surface area contributed by atoms with Crippen molar-refractivity contribution < 1.29 is 4.39 Å². The van der Waals surface area contributed by atoms with E-state index in [1.807, 2.05) is 6.07 Å². The van der Waals surface area contributed by atoms with E-state index < -0.39 is 0 Å². The molecule has 0 aliphatic heterocycles. The summed E-state index contributed by atoms with van der Waals surface area (Å²) in [6.45, 7) is 2.92. The molecular weight excluding hydrogens is 311 g/mol.